The quantitative estimate of drug-likeness (QED) is 0.468. The van der Waals surface area contributed by atoms with Crippen molar-refractivity contribution in [3.8, 4) is 0 Å². The molecule has 44 valence electrons. The normalized spacial score (nSPS) is 16.6. The van der Waals surface area contributed by atoms with Gasteiger partial charge in [-0.15, -0.1) is 0 Å². The number of halogens is 1. The maximum atomic E-state index is 10.3. The summed E-state index contributed by atoms with van der Waals surface area (Å²) in [4.78, 5) is 0. The first-order valence-corrected chi connectivity index (χ1v) is 4.00. The summed E-state index contributed by atoms with van der Waals surface area (Å²) in [7, 11) is 4.02. The molecule has 0 aliphatic rings. The van der Waals surface area contributed by atoms with Crippen molar-refractivity contribution in [1.29, 1.82) is 0 Å². The Labute approximate surface area is 51.0 Å². The van der Waals surface area contributed by atoms with Crippen LogP contribution in [0.2, 0.25) is 0 Å². The zero-order valence-corrected chi connectivity index (χ0v) is 6.27. The van der Waals surface area contributed by atoms with E-state index in [9.17, 15) is 4.21 Å². The van der Waals surface area contributed by atoms with Gasteiger partial charge in [0.05, 0.1) is 4.75 Å². The van der Waals surface area contributed by atoms with E-state index in [0.717, 1.165) is 0 Å². The Morgan fingerprint density at radius 2 is 1.57 bits per heavy atom. The summed E-state index contributed by atoms with van der Waals surface area (Å²) in [6.45, 7) is 5.49. The monoisotopic (exact) mass is 140 g/mol. The zero-order valence-electron chi connectivity index (χ0n) is 4.69. The minimum atomic E-state index is -1.21. The van der Waals surface area contributed by atoms with E-state index in [0.29, 0.717) is 0 Å². The third kappa shape index (κ3) is 3.06. The summed E-state index contributed by atoms with van der Waals surface area (Å²) >= 11 is 0. The molecule has 0 spiro atoms. The smallest absolute Gasteiger partial charge is 0.120 e. The average molecular weight is 141 g/mol. The summed E-state index contributed by atoms with van der Waals surface area (Å²) < 4.78 is 10.1. The molecular weight excluding hydrogens is 132 g/mol. The second-order valence-electron chi connectivity index (χ2n) is 2.34. The van der Waals surface area contributed by atoms with Crippen LogP contribution in [0.1, 0.15) is 20.8 Å². The predicted octanol–water partition coefficient (Wildman–Crippen LogP) is 1.69. The van der Waals surface area contributed by atoms with Crippen molar-refractivity contribution in [2.24, 2.45) is 0 Å². The van der Waals surface area contributed by atoms with Crippen LogP contribution in [-0.2, 0) is 10.0 Å². The molecule has 1 nitrogen and oxygen atoms in total. The SMILES string of the molecule is CC(C)(C)[S@](=O)Cl. The van der Waals surface area contributed by atoms with Gasteiger partial charge in [-0.1, -0.05) is 0 Å². The predicted molar refractivity (Wildman–Crippen MR) is 33.7 cm³/mol. The van der Waals surface area contributed by atoms with Crippen molar-refractivity contribution in [3.63, 3.8) is 0 Å². The number of rotatable bonds is 0. The second-order valence-corrected chi connectivity index (χ2v) is 4.85. The van der Waals surface area contributed by atoms with E-state index in [4.69, 9.17) is 10.7 Å². The molecule has 0 amide bonds. The molecule has 0 unspecified atom stereocenters. The van der Waals surface area contributed by atoms with Crippen molar-refractivity contribution in [1.82, 2.24) is 0 Å². The minimum Gasteiger partial charge on any atom is -0.242 e. The van der Waals surface area contributed by atoms with Gasteiger partial charge in [0.2, 0.25) is 0 Å². The highest BCUT2D eigenvalue weighted by Crippen LogP contribution is 2.13. The van der Waals surface area contributed by atoms with Gasteiger partial charge in [-0.3, -0.25) is 0 Å². The topological polar surface area (TPSA) is 17.1 Å². The van der Waals surface area contributed by atoms with E-state index in [-0.39, 0.29) is 4.75 Å². The molecule has 0 aromatic heterocycles. The Balaban J connectivity index is 3.79. The van der Waals surface area contributed by atoms with Gasteiger partial charge < -0.3 is 0 Å². The molecule has 1 atom stereocenters. The van der Waals surface area contributed by atoms with Gasteiger partial charge in [-0.05, 0) is 31.5 Å². The summed E-state index contributed by atoms with van der Waals surface area (Å²) in [5, 5.41) is 0. The molecule has 0 aliphatic carbocycles. The summed E-state index contributed by atoms with van der Waals surface area (Å²) in [5.74, 6) is 0. The van der Waals surface area contributed by atoms with Gasteiger partial charge in [0.1, 0.15) is 10.0 Å². The van der Waals surface area contributed by atoms with E-state index in [1.54, 1.807) is 0 Å². The molecule has 0 saturated heterocycles. The Morgan fingerprint density at radius 1 is 1.43 bits per heavy atom. The summed E-state index contributed by atoms with van der Waals surface area (Å²) in [6, 6.07) is 0. The lowest BCUT2D eigenvalue weighted by molar-refractivity contribution is 0.660. The molecule has 7 heavy (non-hydrogen) atoms. The summed E-state index contributed by atoms with van der Waals surface area (Å²) in [5.41, 5.74) is 0. The standard InChI is InChI=1S/C4H9ClOS/c1-4(2,3)7(5)6/h1-3H3/t7-/m0/s1. The van der Waals surface area contributed by atoms with E-state index < -0.39 is 10.0 Å². The van der Waals surface area contributed by atoms with Crippen LogP contribution < -0.4 is 0 Å². The molecule has 0 N–H and O–H groups in total. The van der Waals surface area contributed by atoms with Crippen molar-refractivity contribution >= 4 is 20.7 Å². The van der Waals surface area contributed by atoms with Gasteiger partial charge in [0.15, 0.2) is 0 Å². The van der Waals surface area contributed by atoms with Gasteiger partial charge in [-0.25, -0.2) is 4.21 Å². The fourth-order valence-corrected chi connectivity index (χ4v) is 0. The van der Waals surface area contributed by atoms with Gasteiger partial charge in [0, 0.05) is 0 Å². The molecule has 0 saturated carbocycles. The van der Waals surface area contributed by atoms with Crippen LogP contribution in [0, 0.1) is 0 Å². The third-order valence-corrected chi connectivity index (χ3v) is 2.83. The molecule has 0 aromatic carbocycles. The lowest BCUT2D eigenvalue weighted by Gasteiger charge is -2.09. The highest BCUT2D eigenvalue weighted by molar-refractivity contribution is 8.09. The molecule has 0 heterocycles. The van der Waals surface area contributed by atoms with Crippen molar-refractivity contribution in [2.75, 3.05) is 0 Å². The maximum Gasteiger partial charge on any atom is 0.120 e. The minimum absolute atomic E-state index is 0.262. The molecule has 0 radical (unpaired) electrons. The fourth-order valence-electron chi connectivity index (χ4n) is 0. The first kappa shape index (κ1) is 7.44. The van der Waals surface area contributed by atoms with Crippen LogP contribution in [0.15, 0.2) is 0 Å². The number of hydrogen-bond acceptors (Lipinski definition) is 1. The fraction of sp³-hybridized carbons (Fsp3) is 1.00. The van der Waals surface area contributed by atoms with Gasteiger partial charge in [0.25, 0.3) is 0 Å². The second kappa shape index (κ2) is 2.14. The Hall–Kier alpha value is 0.440. The third-order valence-electron chi connectivity index (χ3n) is 0.481. The zero-order chi connectivity index (χ0) is 6.08. The maximum absolute atomic E-state index is 10.3. The van der Waals surface area contributed by atoms with Crippen molar-refractivity contribution in [2.45, 2.75) is 25.5 Å². The Morgan fingerprint density at radius 3 is 1.57 bits per heavy atom. The van der Waals surface area contributed by atoms with E-state index in [1.165, 1.54) is 0 Å². The molecule has 0 fully saturated rings. The van der Waals surface area contributed by atoms with Crippen LogP contribution >= 0.6 is 10.7 Å². The summed E-state index contributed by atoms with van der Waals surface area (Å²) in [6.07, 6.45) is 0. The molecule has 0 aliphatic heterocycles. The van der Waals surface area contributed by atoms with Crippen LogP contribution in [0.4, 0.5) is 0 Å². The molecule has 0 bridgehead atoms. The Bertz CT molecular complexity index is 84.2. The van der Waals surface area contributed by atoms with E-state index in [1.807, 2.05) is 20.8 Å². The van der Waals surface area contributed by atoms with E-state index in [2.05, 4.69) is 0 Å². The molecule has 0 rings (SSSR count). The van der Waals surface area contributed by atoms with Crippen LogP contribution in [0.3, 0.4) is 0 Å². The first-order chi connectivity index (χ1) is 2.94. The number of hydrogen-bond donors (Lipinski definition) is 0. The average Bonchev–Trinajstić information content (AvgIpc) is 1.31. The highest BCUT2D eigenvalue weighted by Gasteiger charge is 2.15. The van der Waals surface area contributed by atoms with Gasteiger partial charge in [-0.2, -0.15) is 0 Å². The molecule has 0 aromatic rings. The van der Waals surface area contributed by atoms with Gasteiger partial charge >= 0.3 is 0 Å². The first-order valence-electron chi connectivity index (χ1n) is 2.03. The lowest BCUT2D eigenvalue weighted by atomic mass is 10.3. The molecule has 3 heteroatoms. The van der Waals surface area contributed by atoms with Crippen LogP contribution in [0.5, 0.6) is 0 Å². The van der Waals surface area contributed by atoms with Crippen molar-refractivity contribution in [3.05, 3.63) is 0 Å². The largest absolute Gasteiger partial charge is 0.242 e. The van der Waals surface area contributed by atoms with Crippen LogP contribution in [-0.4, -0.2) is 8.96 Å². The lowest BCUT2D eigenvalue weighted by Crippen LogP contribution is -2.16. The highest BCUT2D eigenvalue weighted by atomic mass is 35.7. The van der Waals surface area contributed by atoms with E-state index >= 15 is 0 Å². The Kier molecular flexibility index (Phi) is 2.27. The van der Waals surface area contributed by atoms with Crippen LogP contribution in [0.25, 0.3) is 0 Å². The molecular formula is C4H9ClOS. The van der Waals surface area contributed by atoms with Crippen molar-refractivity contribution < 1.29 is 4.21 Å².